The van der Waals surface area contributed by atoms with Gasteiger partial charge in [0.2, 0.25) is 0 Å². The topological polar surface area (TPSA) is 0 Å². The van der Waals surface area contributed by atoms with E-state index < -0.39 is 0 Å². The molecule has 0 N–H and O–H groups in total. The van der Waals surface area contributed by atoms with Crippen LogP contribution in [0, 0.1) is 0 Å². The summed E-state index contributed by atoms with van der Waals surface area (Å²) in [5, 5.41) is 0. The molecule has 2 heteroatoms. The Morgan fingerprint density at radius 2 is 1.40 bits per heavy atom. The van der Waals surface area contributed by atoms with E-state index in [-0.39, 0.29) is 24.0 Å². The molecule has 0 fully saturated rings. The van der Waals surface area contributed by atoms with Crippen molar-refractivity contribution in [3.63, 3.8) is 0 Å². The summed E-state index contributed by atoms with van der Waals surface area (Å²) in [5.74, 6) is 0. The molecule has 0 bridgehead atoms. The Balaban J connectivity index is 0.00000200. The average molecular weight is 379 g/mol. The summed E-state index contributed by atoms with van der Waals surface area (Å²) in [7, 11) is 4.53. The predicted octanol–water partition coefficient (Wildman–Crippen LogP) is 0.980. The molecule has 0 saturated carbocycles. The van der Waals surface area contributed by atoms with Gasteiger partial charge in [-0.1, -0.05) is 66.7 Å². The van der Waals surface area contributed by atoms with E-state index in [2.05, 4.69) is 80.8 Å². The minimum Gasteiger partial charge on any atom is -1.00 e. The summed E-state index contributed by atoms with van der Waals surface area (Å²) in [6, 6.07) is 21.1. The highest BCUT2D eigenvalue weighted by molar-refractivity contribution is 5.48. The van der Waals surface area contributed by atoms with Crippen LogP contribution in [0.15, 0.2) is 66.7 Å². The molecule has 0 unspecified atom stereocenters. The van der Waals surface area contributed by atoms with E-state index in [0.717, 1.165) is 17.6 Å². The lowest BCUT2D eigenvalue weighted by atomic mass is 10.2. The van der Waals surface area contributed by atoms with Crippen molar-refractivity contribution >= 4 is 6.08 Å². The molecular formula is C18H22IN. The van der Waals surface area contributed by atoms with Crippen molar-refractivity contribution in [1.82, 2.24) is 0 Å². The number of quaternary nitrogens is 1. The smallest absolute Gasteiger partial charge is 0.104 e. The molecule has 20 heavy (non-hydrogen) atoms. The average Bonchev–Trinajstić information content (AvgIpc) is 2.40. The van der Waals surface area contributed by atoms with E-state index in [1.165, 1.54) is 11.1 Å². The van der Waals surface area contributed by atoms with Crippen LogP contribution < -0.4 is 24.0 Å². The first-order valence-corrected chi connectivity index (χ1v) is 6.73. The van der Waals surface area contributed by atoms with Crippen molar-refractivity contribution in [2.45, 2.75) is 6.54 Å². The summed E-state index contributed by atoms with van der Waals surface area (Å²) in [4.78, 5) is 0. The fourth-order valence-electron chi connectivity index (χ4n) is 2.18. The van der Waals surface area contributed by atoms with Gasteiger partial charge in [-0.15, -0.1) is 0 Å². The molecule has 0 aromatic heterocycles. The molecule has 0 amide bonds. The minimum atomic E-state index is 0. The predicted molar refractivity (Wildman–Crippen MR) is 82.6 cm³/mol. The minimum absolute atomic E-state index is 0. The number of rotatable bonds is 5. The van der Waals surface area contributed by atoms with Gasteiger partial charge in [0.25, 0.3) is 0 Å². The third-order valence-electron chi connectivity index (χ3n) is 3.16. The van der Waals surface area contributed by atoms with Crippen molar-refractivity contribution in [3.8, 4) is 0 Å². The zero-order chi connectivity index (χ0) is 13.6. The lowest BCUT2D eigenvalue weighted by Crippen LogP contribution is -3.00. The first-order chi connectivity index (χ1) is 9.16. The number of hydrogen-bond acceptors (Lipinski definition) is 0. The van der Waals surface area contributed by atoms with Crippen LogP contribution >= 0.6 is 0 Å². The van der Waals surface area contributed by atoms with Crippen LogP contribution in [0.1, 0.15) is 11.1 Å². The van der Waals surface area contributed by atoms with Gasteiger partial charge in [-0.25, -0.2) is 0 Å². The third-order valence-corrected chi connectivity index (χ3v) is 3.16. The lowest BCUT2D eigenvalue weighted by molar-refractivity contribution is -0.897. The zero-order valence-corrected chi connectivity index (χ0v) is 14.3. The molecule has 106 valence electrons. The molecule has 0 spiro atoms. The molecule has 0 heterocycles. The van der Waals surface area contributed by atoms with Crippen molar-refractivity contribution in [2.75, 3.05) is 20.6 Å². The largest absolute Gasteiger partial charge is 1.00 e. The van der Waals surface area contributed by atoms with Gasteiger partial charge in [0.05, 0.1) is 20.6 Å². The number of hydrogen-bond donors (Lipinski definition) is 0. The van der Waals surface area contributed by atoms with Gasteiger partial charge >= 0.3 is 0 Å². The van der Waals surface area contributed by atoms with Crippen LogP contribution in [-0.4, -0.2) is 25.1 Å². The van der Waals surface area contributed by atoms with Crippen molar-refractivity contribution in [3.05, 3.63) is 77.9 Å². The normalized spacial score (nSPS) is 11.3. The second-order valence-electron chi connectivity index (χ2n) is 5.58. The van der Waals surface area contributed by atoms with E-state index in [1.807, 2.05) is 6.07 Å². The molecule has 0 aliphatic rings. The van der Waals surface area contributed by atoms with Gasteiger partial charge in [0.1, 0.15) is 6.54 Å². The number of benzene rings is 2. The van der Waals surface area contributed by atoms with Gasteiger partial charge in [-0.05, 0) is 11.6 Å². The van der Waals surface area contributed by atoms with E-state index in [1.54, 1.807) is 0 Å². The third kappa shape index (κ3) is 5.88. The van der Waals surface area contributed by atoms with E-state index in [0.29, 0.717) is 0 Å². The van der Waals surface area contributed by atoms with E-state index in [4.69, 9.17) is 0 Å². The number of likely N-dealkylation sites (N-methyl/N-ethyl adjacent to an activating group) is 1. The molecule has 1 nitrogen and oxygen atoms in total. The molecule has 0 radical (unpaired) electrons. The molecule has 0 saturated heterocycles. The monoisotopic (exact) mass is 379 g/mol. The summed E-state index contributed by atoms with van der Waals surface area (Å²) in [6.45, 7) is 2.09. The van der Waals surface area contributed by atoms with E-state index in [9.17, 15) is 0 Å². The van der Waals surface area contributed by atoms with Crippen LogP contribution in [0.5, 0.6) is 0 Å². The Bertz CT molecular complexity index is 518. The molecule has 2 aromatic carbocycles. The summed E-state index contributed by atoms with van der Waals surface area (Å²) < 4.78 is 0.966. The maximum absolute atomic E-state index is 2.27. The summed E-state index contributed by atoms with van der Waals surface area (Å²) >= 11 is 0. The highest BCUT2D eigenvalue weighted by Crippen LogP contribution is 2.10. The lowest BCUT2D eigenvalue weighted by Gasteiger charge is -2.28. The highest BCUT2D eigenvalue weighted by atomic mass is 127. The maximum atomic E-state index is 2.27. The van der Waals surface area contributed by atoms with Crippen molar-refractivity contribution in [1.29, 1.82) is 0 Å². The van der Waals surface area contributed by atoms with Crippen LogP contribution in [0.3, 0.4) is 0 Å². The summed E-state index contributed by atoms with van der Waals surface area (Å²) in [5.41, 5.74) is 2.66. The second-order valence-corrected chi connectivity index (χ2v) is 5.58. The SMILES string of the molecule is C[N+](C)(C/C=C/c1ccccc1)Cc1ccccc1.[I-]. The Hall–Kier alpha value is -1.13. The highest BCUT2D eigenvalue weighted by Gasteiger charge is 2.13. The van der Waals surface area contributed by atoms with Crippen LogP contribution in [0.2, 0.25) is 0 Å². The molecule has 0 aliphatic carbocycles. The fraction of sp³-hybridized carbons (Fsp3) is 0.222. The van der Waals surface area contributed by atoms with Crippen molar-refractivity contribution in [2.24, 2.45) is 0 Å². The van der Waals surface area contributed by atoms with Gasteiger partial charge in [0, 0.05) is 5.56 Å². The molecule has 2 aromatic rings. The van der Waals surface area contributed by atoms with Gasteiger partial charge in [-0.3, -0.25) is 0 Å². The second kappa shape index (κ2) is 8.22. The quantitative estimate of drug-likeness (QED) is 0.537. The number of halogens is 1. The molecule has 0 atom stereocenters. The van der Waals surface area contributed by atoms with Gasteiger partial charge in [-0.2, -0.15) is 0 Å². The van der Waals surface area contributed by atoms with Crippen LogP contribution in [0.4, 0.5) is 0 Å². The first-order valence-electron chi connectivity index (χ1n) is 6.73. The van der Waals surface area contributed by atoms with Gasteiger partial charge in [0.15, 0.2) is 0 Å². The first kappa shape index (κ1) is 16.9. The summed E-state index contributed by atoms with van der Waals surface area (Å²) in [6.07, 6.45) is 4.46. The Morgan fingerprint density at radius 3 is 2.00 bits per heavy atom. The van der Waals surface area contributed by atoms with E-state index >= 15 is 0 Å². The van der Waals surface area contributed by atoms with Gasteiger partial charge < -0.3 is 28.5 Å². The molecule has 0 aliphatic heterocycles. The molecule has 2 rings (SSSR count). The maximum Gasteiger partial charge on any atom is 0.104 e. The standard InChI is InChI=1S/C18H22N.HI/c1-19(2,16-18-12-7-4-8-13-18)15-9-14-17-10-5-3-6-11-17;/h3-14H,15-16H2,1-2H3;1H/q+1;/p-1/b14-9+;. The Kier molecular flexibility index (Phi) is 6.96. The Morgan fingerprint density at radius 1 is 0.850 bits per heavy atom. The van der Waals surface area contributed by atoms with Crippen LogP contribution in [-0.2, 0) is 6.54 Å². The zero-order valence-electron chi connectivity index (χ0n) is 12.2. The fourth-order valence-corrected chi connectivity index (χ4v) is 2.18. The number of nitrogens with zero attached hydrogens (tertiary/aromatic N) is 1. The molecular weight excluding hydrogens is 357 g/mol. The van der Waals surface area contributed by atoms with Crippen LogP contribution in [0.25, 0.3) is 6.08 Å². The Labute approximate surface area is 139 Å². The van der Waals surface area contributed by atoms with Crippen molar-refractivity contribution < 1.29 is 28.5 Å².